The Hall–Kier alpha value is -7.37. The van der Waals surface area contributed by atoms with Gasteiger partial charge in [-0.25, -0.2) is 14.9 Å². The highest BCUT2D eigenvalue weighted by molar-refractivity contribution is 5.88. The largest absolute Gasteiger partial charge is 0.453 e. The van der Waals surface area contributed by atoms with Gasteiger partial charge in [0, 0.05) is 43.0 Å². The number of allylic oxidation sites excluding steroid dienone is 13. The molecule has 1 saturated heterocycles. The van der Waals surface area contributed by atoms with Crippen molar-refractivity contribution in [1.29, 1.82) is 26.3 Å². The van der Waals surface area contributed by atoms with Gasteiger partial charge in [0.1, 0.15) is 0 Å². The number of piperazine rings is 1. The van der Waals surface area contributed by atoms with E-state index < -0.39 is 5.92 Å². The number of hydrogen-bond donors (Lipinski definition) is 0. The molecule has 2 aliphatic rings. The lowest BCUT2D eigenvalue weighted by atomic mass is 9.90. The van der Waals surface area contributed by atoms with Crippen LogP contribution in [0.4, 0.5) is 4.79 Å². The van der Waals surface area contributed by atoms with Crippen LogP contribution in [0, 0.1) is 69.1 Å². The molecule has 10 nitrogen and oxygen atoms in total. The molecule has 0 unspecified atom stereocenters. The molecule has 0 aromatic heterocycles. The molecule has 0 N–H and O–H groups in total. The van der Waals surface area contributed by atoms with Gasteiger partial charge in [0.15, 0.2) is 5.92 Å². The van der Waals surface area contributed by atoms with E-state index in [0.717, 1.165) is 16.8 Å². The molecule has 10 heteroatoms. The molecule has 1 amide bonds. The number of benzene rings is 2. The van der Waals surface area contributed by atoms with Crippen LogP contribution in [0.3, 0.4) is 0 Å². The van der Waals surface area contributed by atoms with Gasteiger partial charge in [0.2, 0.25) is 0 Å². The zero-order valence-electron chi connectivity index (χ0n) is 28.0. The fourth-order valence-corrected chi connectivity index (χ4v) is 5.98. The lowest BCUT2D eigenvalue weighted by Gasteiger charge is -2.36. The average molecular weight is 669 g/mol. The van der Waals surface area contributed by atoms with Gasteiger partial charge in [-0.1, -0.05) is 85.0 Å². The highest BCUT2D eigenvalue weighted by Crippen LogP contribution is 2.36. The Bertz CT molecular complexity index is 2090. The summed E-state index contributed by atoms with van der Waals surface area (Å²) in [6.07, 6.45) is 11.5. The number of rotatable bonds is 9. The third-order valence-corrected chi connectivity index (χ3v) is 8.37. The lowest BCUT2D eigenvalue weighted by molar-refractivity contribution is 0.100. The maximum atomic E-state index is 12.2. The zero-order chi connectivity index (χ0) is 36.6. The second kappa shape index (κ2) is 18.2. The number of nitriles is 5. The van der Waals surface area contributed by atoms with E-state index in [-0.39, 0.29) is 28.5 Å². The molecule has 1 heterocycles. The van der Waals surface area contributed by atoms with Gasteiger partial charge in [0.25, 0.3) is 5.70 Å². The Morgan fingerprint density at radius 2 is 1.51 bits per heavy atom. The van der Waals surface area contributed by atoms with Crippen molar-refractivity contribution in [2.45, 2.75) is 12.8 Å². The molecule has 4 rings (SSSR count). The van der Waals surface area contributed by atoms with Crippen molar-refractivity contribution < 1.29 is 9.53 Å². The van der Waals surface area contributed by atoms with Gasteiger partial charge in [-0.3, -0.25) is 0 Å². The Balaban J connectivity index is 1.77. The molecule has 2 aromatic carbocycles. The summed E-state index contributed by atoms with van der Waals surface area (Å²) in [4.78, 5) is 19.4. The van der Waals surface area contributed by atoms with E-state index in [2.05, 4.69) is 21.9 Å². The van der Waals surface area contributed by atoms with Crippen LogP contribution < -0.4 is 0 Å². The molecule has 51 heavy (non-hydrogen) atoms. The van der Waals surface area contributed by atoms with Gasteiger partial charge in [0.05, 0.1) is 55.2 Å². The fraction of sp³-hybridized carbons (Fsp3) is 0.195. The molecular formula is C41H32N8O2. The monoisotopic (exact) mass is 668 g/mol. The van der Waals surface area contributed by atoms with Crippen LogP contribution in [0.25, 0.3) is 16.0 Å². The van der Waals surface area contributed by atoms with Crippen LogP contribution in [-0.2, 0) is 4.74 Å². The van der Waals surface area contributed by atoms with E-state index in [4.69, 9.17) is 11.3 Å². The number of nitrogens with zero attached hydrogens (tertiary/aromatic N) is 8. The Morgan fingerprint density at radius 3 is 2.06 bits per heavy atom. The molecule has 1 fully saturated rings. The minimum atomic E-state index is -1.13. The number of methoxy groups -OCH3 is 1. The van der Waals surface area contributed by atoms with Crippen LogP contribution in [0.5, 0.6) is 0 Å². The Kier molecular flexibility index (Phi) is 13.0. The summed E-state index contributed by atoms with van der Waals surface area (Å²) in [6, 6.07) is 28.0. The minimum Gasteiger partial charge on any atom is -0.453 e. The molecule has 0 atom stereocenters. The number of amides is 1. The first-order valence-corrected chi connectivity index (χ1v) is 16.0. The number of ether oxygens (including phenoxy) is 1. The predicted molar refractivity (Wildman–Crippen MR) is 191 cm³/mol. The predicted octanol–water partition coefficient (Wildman–Crippen LogP) is 7.40. The van der Waals surface area contributed by atoms with Crippen LogP contribution >= 0.6 is 0 Å². The topological polar surface area (TPSA) is 156 Å². The fourth-order valence-electron chi connectivity index (χ4n) is 5.98. The first kappa shape index (κ1) is 36.5. The van der Waals surface area contributed by atoms with Crippen molar-refractivity contribution >= 4 is 17.2 Å². The van der Waals surface area contributed by atoms with Crippen LogP contribution in [-0.4, -0.2) is 49.2 Å². The summed E-state index contributed by atoms with van der Waals surface area (Å²) in [5.74, 6) is -1.13. The second-order valence-electron chi connectivity index (χ2n) is 11.2. The molecule has 2 aromatic rings. The maximum absolute atomic E-state index is 12.2. The molecule has 0 bridgehead atoms. The normalized spacial score (nSPS) is 16.5. The standard InChI is InChI=1S/C41H32N8O2/c1-47-37(29-46)39(31-13-7-4-8-14-31)35(26-43)18-10-16-33-20-19-32(40(33)48-21-23-49(24-22-48)41(50)51-2)15-9-17-34(25-42)38(36(27-44)28-45)30-11-5-3-6-12-30/h3-18,36H,19-24H2,2H3/b16-10+,17-9+,32-15?,35-18+,38-34-,39-37+. The summed E-state index contributed by atoms with van der Waals surface area (Å²) >= 11 is 0. The van der Waals surface area contributed by atoms with Crippen molar-refractivity contribution in [3.8, 4) is 30.3 Å². The maximum Gasteiger partial charge on any atom is 0.409 e. The van der Waals surface area contributed by atoms with Crippen LogP contribution in [0.15, 0.2) is 131 Å². The third kappa shape index (κ3) is 8.76. The SMILES string of the molecule is [C-]#[N+]/C(C#N)=C(/C(C#N)=C/C=C/C1=C(N2CCN(C(=O)OC)CC2)C(=C/C=C/C(C#N)=C(\c2ccccc2)C(C#N)C#N)CC1)c1ccccc1. The summed E-state index contributed by atoms with van der Waals surface area (Å²) < 4.78 is 4.91. The van der Waals surface area contributed by atoms with Crippen molar-refractivity contribution in [2.75, 3.05) is 33.3 Å². The first-order valence-electron chi connectivity index (χ1n) is 16.0. The van der Waals surface area contributed by atoms with E-state index in [1.165, 1.54) is 7.11 Å². The molecule has 0 radical (unpaired) electrons. The average Bonchev–Trinajstić information content (AvgIpc) is 3.59. The van der Waals surface area contributed by atoms with Gasteiger partial charge >= 0.3 is 6.09 Å². The van der Waals surface area contributed by atoms with Crippen LogP contribution in [0.1, 0.15) is 24.0 Å². The number of carbonyl (C=O) groups is 1. The third-order valence-electron chi connectivity index (χ3n) is 8.37. The van der Waals surface area contributed by atoms with Gasteiger partial charge in [-0.15, -0.1) is 0 Å². The van der Waals surface area contributed by atoms with E-state index in [1.807, 2.05) is 42.5 Å². The molecular weight excluding hydrogens is 637 g/mol. The molecule has 248 valence electrons. The van der Waals surface area contributed by atoms with Gasteiger partial charge in [-0.05, 0) is 47.3 Å². The zero-order valence-corrected chi connectivity index (χ0v) is 28.0. The van der Waals surface area contributed by atoms with Crippen molar-refractivity contribution in [3.63, 3.8) is 0 Å². The van der Waals surface area contributed by atoms with E-state index >= 15 is 0 Å². The molecule has 1 aliphatic carbocycles. The lowest BCUT2D eigenvalue weighted by Crippen LogP contribution is -2.48. The summed E-state index contributed by atoms with van der Waals surface area (Å²) in [7, 11) is 1.35. The number of hydrogen-bond acceptors (Lipinski definition) is 8. The van der Waals surface area contributed by atoms with E-state index in [9.17, 15) is 31.1 Å². The molecule has 0 spiro atoms. The summed E-state index contributed by atoms with van der Waals surface area (Å²) in [5, 5.41) is 49.2. The van der Waals surface area contributed by atoms with Gasteiger partial charge in [-0.2, -0.15) is 21.0 Å². The van der Waals surface area contributed by atoms with E-state index in [1.54, 1.807) is 77.7 Å². The molecule has 1 aliphatic heterocycles. The van der Waals surface area contributed by atoms with Crippen molar-refractivity contribution in [3.05, 3.63) is 153 Å². The van der Waals surface area contributed by atoms with E-state index in [0.29, 0.717) is 55.7 Å². The summed E-state index contributed by atoms with van der Waals surface area (Å²) in [5.41, 5.74) is 4.94. The second-order valence-corrected chi connectivity index (χ2v) is 11.2. The van der Waals surface area contributed by atoms with Crippen LogP contribution in [0.2, 0.25) is 0 Å². The highest BCUT2D eigenvalue weighted by atomic mass is 16.5. The Labute approximate surface area is 298 Å². The smallest absolute Gasteiger partial charge is 0.409 e. The quantitative estimate of drug-likeness (QED) is 0.152. The highest BCUT2D eigenvalue weighted by Gasteiger charge is 2.28. The Morgan fingerprint density at radius 1 is 0.863 bits per heavy atom. The van der Waals surface area contributed by atoms with Crippen molar-refractivity contribution in [2.24, 2.45) is 5.92 Å². The van der Waals surface area contributed by atoms with Gasteiger partial charge < -0.3 is 14.5 Å². The molecule has 0 saturated carbocycles. The minimum absolute atomic E-state index is 0.175. The summed E-state index contributed by atoms with van der Waals surface area (Å²) in [6.45, 7) is 9.53. The van der Waals surface area contributed by atoms with Crippen molar-refractivity contribution in [1.82, 2.24) is 9.80 Å². The number of carbonyl (C=O) groups excluding carboxylic acids is 1. The first-order chi connectivity index (χ1) is 24.9.